The summed E-state index contributed by atoms with van der Waals surface area (Å²) in [5.41, 5.74) is 11.1. The lowest BCUT2D eigenvalue weighted by atomic mass is 9.77. The third-order valence-electron chi connectivity index (χ3n) is 10.1. The van der Waals surface area contributed by atoms with Crippen LogP contribution in [0.5, 0.6) is 23.0 Å². The Morgan fingerprint density at radius 3 is 1.00 bits per heavy atom. The highest BCUT2D eigenvalue weighted by Gasteiger charge is 2.36. The molecule has 4 rings (SSSR count). The fourth-order valence-corrected chi connectivity index (χ4v) is 10.8. The van der Waals surface area contributed by atoms with Gasteiger partial charge in [-0.15, -0.1) is 0 Å². The van der Waals surface area contributed by atoms with Crippen molar-refractivity contribution in [2.75, 3.05) is 0 Å². The molecule has 0 radical (unpaired) electrons. The van der Waals surface area contributed by atoms with E-state index in [1.807, 2.05) is 0 Å². The molecule has 4 aromatic rings. The van der Waals surface area contributed by atoms with Gasteiger partial charge in [-0.25, -0.2) is 0 Å². The Balaban J connectivity index is 2.21. The predicted molar refractivity (Wildman–Crippen MR) is 253 cm³/mol. The Kier molecular flexibility index (Phi) is 12.6. The molecular weight excluding hydrogens is 753 g/mol. The van der Waals surface area contributed by atoms with E-state index in [2.05, 4.69) is 186 Å². The summed E-state index contributed by atoms with van der Waals surface area (Å²) in [6, 6.07) is 13.0. The van der Waals surface area contributed by atoms with Gasteiger partial charge in [-0.05, 0) is 146 Å². The quantitative estimate of drug-likeness (QED) is 0.173. The maximum atomic E-state index is 12.1. The molecule has 0 fully saturated rings. The first-order valence-electron chi connectivity index (χ1n) is 20.6. The Morgan fingerprint density at radius 2 is 0.754 bits per heavy atom. The average molecular weight is 827 g/mol. The standard InChI is InChI=1S/C50H74O4SSi2/c1-29-23-33(43(51)35(25-29)47(5,6)7)39-31(3)27-37(45(53-56(17,18)19)41(39)49(11,12)13)55-38-28-32(4)40(42(50(14,15)16)46(38)54-57(20,21)22)34-24-30(2)26-36(44(34)52)48(8,9)10/h23-28,51-52H,1-22H3. The molecule has 0 saturated heterocycles. The Labute approximate surface area is 353 Å². The van der Waals surface area contributed by atoms with Gasteiger partial charge in [-0.3, -0.25) is 0 Å². The summed E-state index contributed by atoms with van der Waals surface area (Å²) in [5, 5.41) is 24.2. The van der Waals surface area contributed by atoms with Crippen molar-refractivity contribution in [1.29, 1.82) is 0 Å². The number of hydrogen-bond donors (Lipinski definition) is 2. The minimum atomic E-state index is -2.18. The van der Waals surface area contributed by atoms with Gasteiger partial charge in [-0.2, -0.15) is 0 Å². The first-order valence-corrected chi connectivity index (χ1v) is 28.3. The van der Waals surface area contributed by atoms with Gasteiger partial charge in [0.2, 0.25) is 16.6 Å². The van der Waals surface area contributed by atoms with Crippen molar-refractivity contribution in [2.24, 2.45) is 0 Å². The van der Waals surface area contributed by atoms with E-state index in [0.29, 0.717) is 11.5 Å². The smallest absolute Gasteiger partial charge is 0.242 e. The molecule has 0 aliphatic rings. The van der Waals surface area contributed by atoms with E-state index in [9.17, 15) is 10.2 Å². The molecule has 7 heteroatoms. The molecule has 0 aromatic heterocycles. The summed E-state index contributed by atoms with van der Waals surface area (Å²) < 4.78 is 14.5. The molecule has 2 N–H and O–H groups in total. The molecular formula is C50H74O4SSi2. The molecule has 4 aromatic carbocycles. The maximum absolute atomic E-state index is 12.1. The second-order valence-corrected chi connectivity index (χ2v) is 32.4. The summed E-state index contributed by atoms with van der Waals surface area (Å²) in [5.74, 6) is 2.44. The van der Waals surface area contributed by atoms with Gasteiger partial charge in [0, 0.05) is 33.4 Å². The van der Waals surface area contributed by atoms with Gasteiger partial charge in [0.25, 0.3) is 0 Å². The lowest BCUT2D eigenvalue weighted by molar-refractivity contribution is 0.447. The van der Waals surface area contributed by atoms with Crippen molar-refractivity contribution in [1.82, 2.24) is 0 Å². The fourth-order valence-electron chi connectivity index (χ4n) is 7.83. The number of phenols is 2. The van der Waals surface area contributed by atoms with Crippen molar-refractivity contribution in [2.45, 2.75) is 182 Å². The van der Waals surface area contributed by atoms with E-state index >= 15 is 0 Å². The van der Waals surface area contributed by atoms with Crippen molar-refractivity contribution in [3.8, 4) is 45.3 Å². The zero-order valence-electron chi connectivity index (χ0n) is 39.6. The normalized spacial score (nSPS) is 13.3. The minimum absolute atomic E-state index is 0.237. The van der Waals surface area contributed by atoms with Crippen molar-refractivity contribution < 1.29 is 19.1 Å². The van der Waals surface area contributed by atoms with Crippen molar-refractivity contribution in [3.63, 3.8) is 0 Å². The van der Waals surface area contributed by atoms with E-state index < -0.39 is 16.6 Å². The van der Waals surface area contributed by atoms with Crippen LogP contribution in [0.3, 0.4) is 0 Å². The van der Waals surface area contributed by atoms with E-state index in [4.69, 9.17) is 8.85 Å². The van der Waals surface area contributed by atoms with Crippen LogP contribution in [0.15, 0.2) is 46.2 Å². The number of phenolic OH excluding ortho intramolecular Hbond substituents is 2. The average Bonchev–Trinajstić information content (AvgIpc) is 2.98. The highest BCUT2D eigenvalue weighted by atomic mass is 32.2. The Hall–Kier alpha value is -3.14. The molecule has 0 aliphatic carbocycles. The molecule has 0 unspecified atom stereocenters. The van der Waals surface area contributed by atoms with Gasteiger partial charge in [0.1, 0.15) is 23.0 Å². The lowest BCUT2D eigenvalue weighted by Crippen LogP contribution is -2.32. The molecule has 57 heavy (non-hydrogen) atoms. The number of benzene rings is 4. The van der Waals surface area contributed by atoms with Gasteiger partial charge in [0.05, 0.1) is 9.79 Å². The number of hydrogen-bond acceptors (Lipinski definition) is 5. The Morgan fingerprint density at radius 1 is 0.456 bits per heavy atom. The van der Waals surface area contributed by atoms with Gasteiger partial charge < -0.3 is 19.1 Å². The van der Waals surface area contributed by atoms with Gasteiger partial charge in [-0.1, -0.05) is 107 Å². The SMILES string of the molecule is Cc1cc(-c2c(C)cc(Sc3cc(C)c(-c4cc(C)cc(C(C)(C)C)c4O)c(C(C)(C)C)c3O[Si](C)(C)C)c(O[Si](C)(C)C)c2C(C)(C)C)c(O)c(C(C)(C)C)c1. The van der Waals surface area contributed by atoms with E-state index in [1.165, 1.54) is 0 Å². The van der Waals surface area contributed by atoms with Crippen LogP contribution in [0.2, 0.25) is 39.3 Å². The summed E-state index contributed by atoms with van der Waals surface area (Å²) in [4.78, 5) is 2.07. The summed E-state index contributed by atoms with van der Waals surface area (Å²) >= 11 is 1.72. The number of aromatic hydroxyl groups is 2. The largest absolute Gasteiger partial charge is 0.543 e. The van der Waals surface area contributed by atoms with Gasteiger partial charge >= 0.3 is 0 Å². The molecule has 0 saturated carbocycles. The summed E-state index contributed by atoms with van der Waals surface area (Å²) in [7, 11) is -4.36. The van der Waals surface area contributed by atoms with Crippen LogP contribution < -0.4 is 8.85 Å². The highest BCUT2D eigenvalue weighted by Crippen LogP contribution is 2.56. The summed E-state index contributed by atoms with van der Waals surface area (Å²) in [6.07, 6.45) is 0. The number of aryl methyl sites for hydroxylation is 4. The minimum Gasteiger partial charge on any atom is -0.543 e. The second kappa shape index (κ2) is 15.5. The predicted octanol–water partition coefficient (Wildman–Crippen LogP) is 15.4. The molecule has 0 amide bonds. The third-order valence-corrected chi connectivity index (χ3v) is 12.8. The molecule has 0 heterocycles. The molecule has 0 bridgehead atoms. The maximum Gasteiger partial charge on any atom is 0.242 e. The zero-order valence-corrected chi connectivity index (χ0v) is 42.4. The number of rotatable bonds is 8. The highest BCUT2D eigenvalue weighted by molar-refractivity contribution is 7.99. The van der Waals surface area contributed by atoms with Crippen LogP contribution in [-0.2, 0) is 21.7 Å². The second-order valence-electron chi connectivity index (χ2n) is 22.5. The van der Waals surface area contributed by atoms with Crippen molar-refractivity contribution in [3.05, 3.63) is 80.9 Å². The molecule has 4 nitrogen and oxygen atoms in total. The monoisotopic (exact) mass is 826 g/mol. The van der Waals surface area contributed by atoms with E-state index in [1.54, 1.807) is 11.8 Å². The topological polar surface area (TPSA) is 58.9 Å². The molecule has 0 spiro atoms. The first kappa shape index (κ1) is 46.6. The third kappa shape index (κ3) is 10.4. The van der Waals surface area contributed by atoms with Crippen LogP contribution in [0.4, 0.5) is 0 Å². The van der Waals surface area contributed by atoms with Crippen LogP contribution in [-0.4, -0.2) is 26.8 Å². The van der Waals surface area contributed by atoms with Crippen LogP contribution in [0.25, 0.3) is 22.3 Å². The van der Waals surface area contributed by atoms with Crippen LogP contribution in [0, 0.1) is 27.7 Å². The van der Waals surface area contributed by atoms with Crippen LogP contribution >= 0.6 is 11.8 Å². The first-order chi connectivity index (χ1) is 25.5. The molecule has 312 valence electrons. The van der Waals surface area contributed by atoms with E-state index in [-0.39, 0.29) is 21.7 Å². The van der Waals surface area contributed by atoms with Gasteiger partial charge in [0.15, 0.2) is 0 Å². The fraction of sp³-hybridized carbons (Fsp3) is 0.520. The molecule has 0 atom stereocenters. The van der Waals surface area contributed by atoms with Crippen LogP contribution in [0.1, 0.15) is 128 Å². The zero-order chi connectivity index (χ0) is 43.8. The molecule has 0 aliphatic heterocycles. The summed E-state index contributed by atoms with van der Waals surface area (Å²) in [6.45, 7) is 48.5. The van der Waals surface area contributed by atoms with E-state index in [0.717, 1.165) is 88.1 Å². The van der Waals surface area contributed by atoms with Crippen molar-refractivity contribution >= 4 is 28.4 Å². The lowest BCUT2D eigenvalue weighted by Gasteiger charge is -2.35. The Bertz CT molecular complexity index is 2020.